The first-order valence-electron chi connectivity index (χ1n) is 10.3. The van der Waals surface area contributed by atoms with E-state index in [2.05, 4.69) is 23.3 Å². The van der Waals surface area contributed by atoms with E-state index in [4.69, 9.17) is 11.5 Å². The van der Waals surface area contributed by atoms with E-state index in [0.717, 1.165) is 0 Å². The van der Waals surface area contributed by atoms with Crippen molar-refractivity contribution in [2.75, 3.05) is 12.3 Å². The third kappa shape index (κ3) is 7.69. The zero-order chi connectivity index (χ0) is 23.7. The molecule has 1 rings (SSSR count). The first kappa shape index (κ1) is 26.7. The molecule has 11 nitrogen and oxygen atoms in total. The van der Waals surface area contributed by atoms with Crippen molar-refractivity contribution in [3.05, 3.63) is 0 Å². The Balaban J connectivity index is 3.03. The molecule has 5 atom stereocenters. The molecule has 12 heteroatoms. The Kier molecular flexibility index (Phi) is 10.8. The molecule has 0 aromatic heterocycles. The lowest BCUT2D eigenvalue weighted by Gasteiger charge is -2.31. The Labute approximate surface area is 187 Å². The molecule has 1 aliphatic heterocycles. The van der Waals surface area contributed by atoms with Gasteiger partial charge in [-0.3, -0.25) is 19.2 Å². The Morgan fingerprint density at radius 3 is 2.35 bits per heavy atom. The number of carbonyl (C=O) groups excluding carboxylic acids is 4. The largest absolute Gasteiger partial charge is 0.480 e. The third-order valence-electron chi connectivity index (χ3n) is 5.44. The van der Waals surface area contributed by atoms with Crippen LogP contribution in [0.4, 0.5) is 0 Å². The highest BCUT2D eigenvalue weighted by atomic mass is 32.1. The summed E-state index contributed by atoms with van der Waals surface area (Å²) in [6.45, 7) is 3.90. The van der Waals surface area contributed by atoms with E-state index >= 15 is 0 Å². The highest BCUT2D eigenvalue weighted by Gasteiger charge is 2.39. The first-order chi connectivity index (χ1) is 14.5. The highest BCUT2D eigenvalue weighted by molar-refractivity contribution is 7.80. The van der Waals surface area contributed by atoms with Crippen LogP contribution in [0.5, 0.6) is 0 Å². The number of hydrogen-bond donors (Lipinski definition) is 6. The van der Waals surface area contributed by atoms with E-state index in [1.807, 2.05) is 6.92 Å². The lowest BCUT2D eigenvalue weighted by Crippen LogP contribution is -2.58. The van der Waals surface area contributed by atoms with E-state index in [0.29, 0.717) is 19.3 Å². The minimum atomic E-state index is -1.14. The molecule has 31 heavy (non-hydrogen) atoms. The highest BCUT2D eigenvalue weighted by Crippen LogP contribution is 2.21. The molecule has 0 spiro atoms. The average Bonchev–Trinajstić information content (AvgIpc) is 3.23. The Morgan fingerprint density at radius 2 is 1.84 bits per heavy atom. The lowest BCUT2D eigenvalue weighted by atomic mass is 9.96. The molecule has 0 aromatic rings. The molecule has 0 saturated carbocycles. The van der Waals surface area contributed by atoms with E-state index in [9.17, 15) is 29.1 Å². The summed E-state index contributed by atoms with van der Waals surface area (Å²) in [6.07, 6.45) is 1.22. The molecule has 4 amide bonds. The van der Waals surface area contributed by atoms with Gasteiger partial charge in [0, 0.05) is 18.7 Å². The predicted octanol–water partition coefficient (Wildman–Crippen LogP) is -1.40. The van der Waals surface area contributed by atoms with Crippen molar-refractivity contribution in [2.45, 2.75) is 70.1 Å². The number of carbonyl (C=O) groups is 5. The molecule has 0 bridgehead atoms. The van der Waals surface area contributed by atoms with Crippen molar-refractivity contribution < 1.29 is 29.1 Å². The molecule has 5 unspecified atom stereocenters. The van der Waals surface area contributed by atoms with Crippen molar-refractivity contribution in [3.8, 4) is 0 Å². The van der Waals surface area contributed by atoms with Gasteiger partial charge in [-0.2, -0.15) is 12.6 Å². The summed E-state index contributed by atoms with van der Waals surface area (Å²) in [6, 6.07) is -4.02. The van der Waals surface area contributed by atoms with Gasteiger partial charge in [-0.05, 0) is 25.2 Å². The number of carboxylic acids is 1. The summed E-state index contributed by atoms with van der Waals surface area (Å²) < 4.78 is 0. The van der Waals surface area contributed by atoms with Crippen LogP contribution in [0, 0.1) is 5.92 Å². The fourth-order valence-electron chi connectivity index (χ4n) is 3.32. The van der Waals surface area contributed by atoms with Gasteiger partial charge in [0.05, 0.1) is 6.04 Å². The summed E-state index contributed by atoms with van der Waals surface area (Å²) in [7, 11) is 0. The minimum Gasteiger partial charge on any atom is -0.480 e. The van der Waals surface area contributed by atoms with Crippen molar-refractivity contribution >= 4 is 42.2 Å². The lowest BCUT2D eigenvalue weighted by molar-refractivity contribution is -0.150. The van der Waals surface area contributed by atoms with Crippen LogP contribution in [0.25, 0.3) is 0 Å². The molecular formula is C19H33N5O6S. The summed E-state index contributed by atoms with van der Waals surface area (Å²) >= 11 is 3.95. The number of nitrogens with two attached hydrogens (primary N) is 2. The van der Waals surface area contributed by atoms with Crippen LogP contribution in [0.2, 0.25) is 0 Å². The summed E-state index contributed by atoms with van der Waals surface area (Å²) in [5, 5.41) is 14.5. The topological polar surface area (TPSA) is 185 Å². The van der Waals surface area contributed by atoms with Gasteiger partial charge in [0.15, 0.2) is 0 Å². The Bertz CT molecular complexity index is 691. The Hall–Kier alpha value is -2.34. The SMILES string of the molecule is CCC(C)C(NC(=O)C(CCC(N)=O)NC(=O)C(N)CS)C(=O)N1CCCC1C(=O)O. The number of rotatable bonds is 12. The van der Waals surface area contributed by atoms with Gasteiger partial charge in [-0.1, -0.05) is 20.3 Å². The smallest absolute Gasteiger partial charge is 0.326 e. The number of amides is 4. The van der Waals surface area contributed by atoms with Crippen LogP contribution in [0.3, 0.4) is 0 Å². The maximum atomic E-state index is 13.1. The summed E-state index contributed by atoms with van der Waals surface area (Å²) in [5.74, 6) is -3.77. The molecule has 176 valence electrons. The maximum absolute atomic E-state index is 13.1. The van der Waals surface area contributed by atoms with Gasteiger partial charge >= 0.3 is 5.97 Å². The standard InChI is InChI=1S/C19H33N5O6S/c1-3-10(2)15(18(28)24-8-4-5-13(24)19(29)30)23-17(27)12(6-7-14(21)25)22-16(26)11(20)9-31/h10-13,15,31H,3-9,20H2,1-2H3,(H2,21,25)(H,22,26)(H,23,27)(H,29,30). The normalized spacial score (nSPS) is 19.7. The molecule has 1 saturated heterocycles. The molecule has 0 radical (unpaired) electrons. The second-order valence-electron chi connectivity index (χ2n) is 7.75. The van der Waals surface area contributed by atoms with E-state index in [1.54, 1.807) is 6.92 Å². The van der Waals surface area contributed by atoms with E-state index in [-0.39, 0.29) is 31.1 Å². The van der Waals surface area contributed by atoms with Gasteiger partial charge in [-0.25, -0.2) is 4.79 Å². The number of nitrogens with zero attached hydrogens (tertiary/aromatic N) is 1. The van der Waals surface area contributed by atoms with Crippen LogP contribution in [0.15, 0.2) is 0 Å². The van der Waals surface area contributed by atoms with Crippen LogP contribution in [-0.2, 0) is 24.0 Å². The quantitative estimate of drug-likeness (QED) is 0.194. The number of thiol groups is 1. The van der Waals surface area contributed by atoms with Crippen molar-refractivity contribution in [1.29, 1.82) is 0 Å². The van der Waals surface area contributed by atoms with Crippen LogP contribution >= 0.6 is 12.6 Å². The second kappa shape index (κ2) is 12.5. The monoisotopic (exact) mass is 459 g/mol. The average molecular weight is 460 g/mol. The molecule has 1 aliphatic rings. The fraction of sp³-hybridized carbons (Fsp3) is 0.737. The zero-order valence-corrected chi connectivity index (χ0v) is 18.8. The number of nitrogens with one attached hydrogen (secondary N) is 2. The van der Waals surface area contributed by atoms with Crippen molar-refractivity contribution in [3.63, 3.8) is 0 Å². The van der Waals surface area contributed by atoms with Gasteiger partial charge in [0.1, 0.15) is 18.1 Å². The molecule has 7 N–H and O–H groups in total. The van der Waals surface area contributed by atoms with Crippen molar-refractivity contribution in [1.82, 2.24) is 15.5 Å². The maximum Gasteiger partial charge on any atom is 0.326 e. The van der Waals surface area contributed by atoms with Crippen LogP contribution in [0.1, 0.15) is 46.0 Å². The molecule has 1 heterocycles. The zero-order valence-electron chi connectivity index (χ0n) is 17.9. The van der Waals surface area contributed by atoms with Gasteiger partial charge in [0.2, 0.25) is 23.6 Å². The molecule has 1 fully saturated rings. The molecular weight excluding hydrogens is 426 g/mol. The second-order valence-corrected chi connectivity index (χ2v) is 8.12. The van der Waals surface area contributed by atoms with Crippen LogP contribution in [-0.4, -0.2) is 76.1 Å². The predicted molar refractivity (Wildman–Crippen MR) is 116 cm³/mol. The van der Waals surface area contributed by atoms with Gasteiger partial charge in [-0.15, -0.1) is 0 Å². The van der Waals surface area contributed by atoms with E-state index < -0.39 is 53.8 Å². The Morgan fingerprint density at radius 1 is 1.19 bits per heavy atom. The number of primary amides is 1. The number of hydrogen-bond acceptors (Lipinski definition) is 7. The fourth-order valence-corrected chi connectivity index (χ4v) is 3.49. The van der Waals surface area contributed by atoms with Gasteiger partial charge < -0.3 is 32.1 Å². The summed E-state index contributed by atoms with van der Waals surface area (Å²) in [5.41, 5.74) is 10.8. The molecule has 0 aromatic carbocycles. The minimum absolute atomic E-state index is 0.0511. The number of aliphatic carboxylic acids is 1. The summed E-state index contributed by atoms with van der Waals surface area (Å²) in [4.78, 5) is 62.1. The van der Waals surface area contributed by atoms with Crippen molar-refractivity contribution in [2.24, 2.45) is 17.4 Å². The third-order valence-corrected chi connectivity index (χ3v) is 5.84. The van der Waals surface area contributed by atoms with Gasteiger partial charge in [0.25, 0.3) is 0 Å². The molecule has 0 aliphatic carbocycles. The number of carboxylic acid groups (broad SMARTS) is 1. The van der Waals surface area contributed by atoms with Crippen LogP contribution < -0.4 is 22.1 Å². The van der Waals surface area contributed by atoms with E-state index in [1.165, 1.54) is 4.90 Å². The number of likely N-dealkylation sites (tertiary alicyclic amines) is 1. The first-order valence-corrected chi connectivity index (χ1v) is 10.9.